The Morgan fingerprint density at radius 2 is 2.08 bits per heavy atom. The Morgan fingerprint density at radius 3 is 2.50 bits per heavy atom. The average molecular weight is 237 g/mol. The van der Waals surface area contributed by atoms with Gasteiger partial charge < -0.3 is 11.1 Å². The van der Waals surface area contributed by atoms with Gasteiger partial charge in [0.15, 0.2) is 0 Å². The molecule has 0 aliphatic carbocycles. The summed E-state index contributed by atoms with van der Waals surface area (Å²) in [4.78, 5) is 11.2. The molecule has 0 radical (unpaired) electrons. The number of hydrogen-bond acceptors (Lipinski definition) is 2. The zero-order valence-electron chi connectivity index (χ0n) is 7.69. The molecule has 0 aromatic heterocycles. The van der Waals surface area contributed by atoms with E-state index in [1.807, 2.05) is 13.8 Å². The van der Waals surface area contributed by atoms with Crippen molar-refractivity contribution in [2.24, 2.45) is 5.73 Å². The standard InChI is InChI=1S/C8H17BrN2O/c1-8(2,9)7(12)11-6-4-3-5-10/h3-6,10H2,1-2H3,(H,11,12). The summed E-state index contributed by atoms with van der Waals surface area (Å²) < 4.78 is -0.463. The van der Waals surface area contributed by atoms with Crippen LogP contribution in [0.15, 0.2) is 0 Å². The Balaban J connectivity index is 3.45. The van der Waals surface area contributed by atoms with E-state index in [0.717, 1.165) is 12.8 Å². The van der Waals surface area contributed by atoms with Crippen molar-refractivity contribution in [2.75, 3.05) is 13.1 Å². The van der Waals surface area contributed by atoms with Gasteiger partial charge in [0, 0.05) is 6.54 Å². The first-order valence-electron chi connectivity index (χ1n) is 4.15. The number of carbonyl (C=O) groups is 1. The molecular formula is C8H17BrN2O. The highest BCUT2D eigenvalue weighted by Crippen LogP contribution is 2.14. The fourth-order valence-electron chi connectivity index (χ4n) is 0.681. The van der Waals surface area contributed by atoms with E-state index in [-0.39, 0.29) is 5.91 Å². The normalized spacial score (nSPS) is 11.3. The van der Waals surface area contributed by atoms with Crippen molar-refractivity contribution in [3.63, 3.8) is 0 Å². The second-order valence-corrected chi connectivity index (χ2v) is 5.21. The first-order chi connectivity index (χ1) is 5.48. The first-order valence-corrected chi connectivity index (χ1v) is 4.95. The van der Waals surface area contributed by atoms with Gasteiger partial charge in [-0.3, -0.25) is 4.79 Å². The first kappa shape index (κ1) is 11.9. The van der Waals surface area contributed by atoms with Gasteiger partial charge in [-0.05, 0) is 33.2 Å². The number of nitrogens with one attached hydrogen (secondary N) is 1. The van der Waals surface area contributed by atoms with Crippen LogP contribution in [0.5, 0.6) is 0 Å². The summed E-state index contributed by atoms with van der Waals surface area (Å²) in [5.41, 5.74) is 5.31. The van der Waals surface area contributed by atoms with E-state index in [0.29, 0.717) is 13.1 Å². The lowest BCUT2D eigenvalue weighted by molar-refractivity contribution is -0.122. The predicted octanol–water partition coefficient (Wildman–Crippen LogP) is 1.02. The van der Waals surface area contributed by atoms with E-state index in [4.69, 9.17) is 5.73 Å². The zero-order valence-corrected chi connectivity index (χ0v) is 9.28. The highest BCUT2D eigenvalue weighted by atomic mass is 79.9. The van der Waals surface area contributed by atoms with Crippen LogP contribution >= 0.6 is 15.9 Å². The van der Waals surface area contributed by atoms with Crippen molar-refractivity contribution in [3.05, 3.63) is 0 Å². The summed E-state index contributed by atoms with van der Waals surface area (Å²) >= 11 is 3.28. The highest BCUT2D eigenvalue weighted by molar-refractivity contribution is 9.10. The molecule has 0 aromatic rings. The number of hydrogen-bond donors (Lipinski definition) is 2. The summed E-state index contributed by atoms with van der Waals surface area (Å²) in [6, 6.07) is 0. The minimum Gasteiger partial charge on any atom is -0.355 e. The maximum atomic E-state index is 11.2. The quantitative estimate of drug-likeness (QED) is 0.554. The minimum absolute atomic E-state index is 0.0273. The number of amides is 1. The lowest BCUT2D eigenvalue weighted by Crippen LogP contribution is -2.38. The van der Waals surface area contributed by atoms with Gasteiger partial charge in [-0.1, -0.05) is 15.9 Å². The Kier molecular flexibility index (Phi) is 5.50. The SMILES string of the molecule is CC(C)(Br)C(=O)NCCCCN. The maximum Gasteiger partial charge on any atom is 0.236 e. The second kappa shape index (κ2) is 5.54. The van der Waals surface area contributed by atoms with Gasteiger partial charge in [-0.2, -0.15) is 0 Å². The van der Waals surface area contributed by atoms with Crippen molar-refractivity contribution < 1.29 is 4.79 Å². The van der Waals surface area contributed by atoms with Crippen LogP contribution in [-0.4, -0.2) is 23.3 Å². The number of nitrogens with two attached hydrogens (primary N) is 1. The fourth-order valence-corrected chi connectivity index (χ4v) is 0.822. The predicted molar refractivity (Wildman–Crippen MR) is 54.3 cm³/mol. The minimum atomic E-state index is -0.463. The van der Waals surface area contributed by atoms with Gasteiger partial charge in [-0.15, -0.1) is 0 Å². The molecule has 0 heterocycles. The molecule has 0 atom stereocenters. The molecule has 0 unspecified atom stereocenters. The summed E-state index contributed by atoms with van der Waals surface area (Å²) in [7, 11) is 0. The van der Waals surface area contributed by atoms with Crippen molar-refractivity contribution in [1.29, 1.82) is 0 Å². The number of alkyl halides is 1. The van der Waals surface area contributed by atoms with Gasteiger partial charge in [0.1, 0.15) is 0 Å². The molecule has 0 spiro atoms. The summed E-state index contributed by atoms with van der Waals surface area (Å²) in [6.07, 6.45) is 1.91. The van der Waals surface area contributed by atoms with Crippen molar-refractivity contribution >= 4 is 21.8 Å². The Morgan fingerprint density at radius 1 is 1.50 bits per heavy atom. The van der Waals surface area contributed by atoms with E-state index in [1.54, 1.807) is 0 Å². The van der Waals surface area contributed by atoms with Gasteiger partial charge in [0.2, 0.25) is 5.91 Å². The van der Waals surface area contributed by atoms with E-state index in [2.05, 4.69) is 21.2 Å². The van der Waals surface area contributed by atoms with Crippen molar-refractivity contribution in [1.82, 2.24) is 5.32 Å². The van der Waals surface area contributed by atoms with Gasteiger partial charge in [-0.25, -0.2) is 0 Å². The number of carbonyl (C=O) groups excluding carboxylic acids is 1. The van der Waals surface area contributed by atoms with Crippen LogP contribution in [-0.2, 0) is 4.79 Å². The molecule has 0 saturated carbocycles. The lowest BCUT2D eigenvalue weighted by atomic mass is 10.2. The molecule has 12 heavy (non-hydrogen) atoms. The van der Waals surface area contributed by atoms with E-state index < -0.39 is 4.32 Å². The van der Waals surface area contributed by atoms with Gasteiger partial charge in [0.05, 0.1) is 4.32 Å². The van der Waals surface area contributed by atoms with Crippen LogP contribution in [0, 0.1) is 0 Å². The Bertz CT molecular complexity index is 142. The van der Waals surface area contributed by atoms with Crippen LogP contribution in [0.25, 0.3) is 0 Å². The monoisotopic (exact) mass is 236 g/mol. The van der Waals surface area contributed by atoms with Crippen molar-refractivity contribution in [2.45, 2.75) is 31.0 Å². The molecule has 0 bridgehead atoms. The number of halogens is 1. The van der Waals surface area contributed by atoms with Crippen LogP contribution in [0.2, 0.25) is 0 Å². The van der Waals surface area contributed by atoms with Gasteiger partial charge >= 0.3 is 0 Å². The largest absolute Gasteiger partial charge is 0.355 e. The Hall–Kier alpha value is -0.0900. The topological polar surface area (TPSA) is 55.1 Å². The molecule has 0 aliphatic heterocycles. The third kappa shape index (κ3) is 5.55. The molecule has 1 amide bonds. The molecule has 0 aliphatic rings. The highest BCUT2D eigenvalue weighted by Gasteiger charge is 2.22. The molecule has 3 nitrogen and oxygen atoms in total. The second-order valence-electron chi connectivity index (χ2n) is 3.22. The molecule has 72 valence electrons. The third-order valence-corrected chi connectivity index (χ3v) is 1.82. The molecule has 0 fully saturated rings. The molecule has 3 N–H and O–H groups in total. The fraction of sp³-hybridized carbons (Fsp3) is 0.875. The van der Waals surface area contributed by atoms with Crippen LogP contribution < -0.4 is 11.1 Å². The smallest absolute Gasteiger partial charge is 0.236 e. The summed E-state index contributed by atoms with van der Waals surface area (Å²) in [5, 5.41) is 2.82. The number of unbranched alkanes of at least 4 members (excludes halogenated alkanes) is 1. The Labute approximate surface area is 82.2 Å². The van der Waals surface area contributed by atoms with Crippen LogP contribution in [0.3, 0.4) is 0 Å². The zero-order chi connectivity index (χ0) is 9.61. The molecule has 0 aromatic carbocycles. The van der Waals surface area contributed by atoms with Crippen molar-refractivity contribution in [3.8, 4) is 0 Å². The molecule has 4 heteroatoms. The average Bonchev–Trinajstić information content (AvgIpc) is 1.96. The molecular weight excluding hydrogens is 220 g/mol. The van der Waals surface area contributed by atoms with E-state index in [9.17, 15) is 4.79 Å². The molecule has 0 rings (SSSR count). The van der Waals surface area contributed by atoms with E-state index >= 15 is 0 Å². The van der Waals surface area contributed by atoms with Gasteiger partial charge in [0.25, 0.3) is 0 Å². The summed E-state index contributed by atoms with van der Waals surface area (Å²) in [6.45, 7) is 5.05. The number of rotatable bonds is 5. The van der Waals surface area contributed by atoms with E-state index in [1.165, 1.54) is 0 Å². The maximum absolute atomic E-state index is 11.2. The third-order valence-electron chi connectivity index (χ3n) is 1.46. The lowest BCUT2D eigenvalue weighted by Gasteiger charge is -2.15. The summed E-state index contributed by atoms with van der Waals surface area (Å²) in [5.74, 6) is 0.0273. The van der Waals surface area contributed by atoms with Crippen LogP contribution in [0.1, 0.15) is 26.7 Å². The molecule has 0 saturated heterocycles. The van der Waals surface area contributed by atoms with Crippen LogP contribution in [0.4, 0.5) is 0 Å².